The highest BCUT2D eigenvalue weighted by Gasteiger charge is 2.38. The summed E-state index contributed by atoms with van der Waals surface area (Å²) in [7, 11) is 0. The third-order valence-corrected chi connectivity index (χ3v) is 5.29. The molecule has 11 heteroatoms. The summed E-state index contributed by atoms with van der Waals surface area (Å²) in [4.78, 5) is 61.0. The van der Waals surface area contributed by atoms with Crippen LogP contribution in [-0.4, -0.2) is 59.4 Å². The van der Waals surface area contributed by atoms with Crippen molar-refractivity contribution >= 4 is 35.1 Å². The van der Waals surface area contributed by atoms with Crippen LogP contribution < -0.4 is 5.32 Å². The molecule has 2 aromatic carbocycles. The van der Waals surface area contributed by atoms with Crippen LogP contribution in [0.2, 0.25) is 0 Å². The number of fused-ring (bicyclic) bond motifs is 1. The lowest BCUT2D eigenvalue weighted by Gasteiger charge is -2.17. The van der Waals surface area contributed by atoms with Crippen LogP contribution in [0.3, 0.4) is 0 Å². The number of non-ortho nitro benzene ring substituents is 1. The van der Waals surface area contributed by atoms with Gasteiger partial charge in [0.05, 0.1) is 34.3 Å². The zero-order valence-electron chi connectivity index (χ0n) is 17.3. The smallest absolute Gasteiger partial charge is 0.338 e. The zero-order chi connectivity index (χ0) is 23.5. The molecule has 1 N–H and O–H groups in total. The molecule has 33 heavy (non-hydrogen) atoms. The number of amides is 3. The van der Waals surface area contributed by atoms with Gasteiger partial charge in [-0.25, -0.2) is 4.79 Å². The van der Waals surface area contributed by atoms with Crippen LogP contribution in [0, 0.1) is 10.1 Å². The van der Waals surface area contributed by atoms with Gasteiger partial charge < -0.3 is 14.8 Å². The maximum atomic E-state index is 12.7. The number of carbonyl (C=O) groups excluding carboxylic acids is 4. The number of nitro benzene ring substituents is 1. The fraction of sp³-hybridized carbons (Fsp3) is 0.273. The van der Waals surface area contributed by atoms with Crippen molar-refractivity contribution in [2.75, 3.05) is 25.1 Å². The van der Waals surface area contributed by atoms with E-state index < -0.39 is 35.2 Å². The number of rotatable bonds is 7. The molecule has 1 fully saturated rings. The normalized spacial score (nSPS) is 17.1. The molecule has 0 aliphatic carbocycles. The molecule has 3 amide bonds. The molecule has 2 aliphatic heterocycles. The highest BCUT2D eigenvalue weighted by atomic mass is 16.6. The van der Waals surface area contributed by atoms with Crippen molar-refractivity contribution in [2.45, 2.75) is 18.9 Å². The van der Waals surface area contributed by atoms with E-state index in [1.165, 1.54) is 42.5 Å². The molecule has 11 nitrogen and oxygen atoms in total. The first-order valence-corrected chi connectivity index (χ1v) is 10.2. The van der Waals surface area contributed by atoms with Crippen LogP contribution in [0.4, 0.5) is 11.4 Å². The highest BCUT2D eigenvalue weighted by Crippen LogP contribution is 2.26. The second-order valence-electron chi connectivity index (χ2n) is 7.55. The van der Waals surface area contributed by atoms with Crippen molar-refractivity contribution in [3.8, 4) is 0 Å². The van der Waals surface area contributed by atoms with Gasteiger partial charge in [0.25, 0.3) is 23.4 Å². The number of carbonyl (C=O) groups is 4. The van der Waals surface area contributed by atoms with Gasteiger partial charge >= 0.3 is 5.97 Å². The summed E-state index contributed by atoms with van der Waals surface area (Å²) in [5, 5.41) is 13.2. The van der Waals surface area contributed by atoms with Gasteiger partial charge in [0.1, 0.15) is 0 Å². The summed E-state index contributed by atoms with van der Waals surface area (Å²) in [6.45, 7) is 0.110. The second-order valence-corrected chi connectivity index (χ2v) is 7.55. The van der Waals surface area contributed by atoms with Crippen molar-refractivity contribution in [2.24, 2.45) is 0 Å². The van der Waals surface area contributed by atoms with Crippen LogP contribution in [0.1, 0.15) is 43.9 Å². The molecular formula is C22H19N3O8. The predicted octanol–water partition coefficient (Wildman–Crippen LogP) is 2.17. The number of esters is 1. The molecule has 2 aliphatic rings. The maximum absolute atomic E-state index is 12.7. The number of hydrogen-bond acceptors (Lipinski definition) is 8. The van der Waals surface area contributed by atoms with E-state index in [2.05, 4.69) is 5.32 Å². The van der Waals surface area contributed by atoms with Gasteiger partial charge in [-0.1, -0.05) is 6.07 Å². The van der Waals surface area contributed by atoms with Gasteiger partial charge in [-0.2, -0.15) is 0 Å². The number of anilines is 1. The second kappa shape index (κ2) is 9.17. The van der Waals surface area contributed by atoms with E-state index in [-0.39, 0.29) is 40.7 Å². The Morgan fingerprint density at radius 1 is 1.15 bits per heavy atom. The largest absolute Gasteiger partial charge is 0.452 e. The van der Waals surface area contributed by atoms with Crippen LogP contribution in [0.25, 0.3) is 0 Å². The van der Waals surface area contributed by atoms with Crippen molar-refractivity contribution in [1.82, 2.24) is 4.90 Å². The summed E-state index contributed by atoms with van der Waals surface area (Å²) < 4.78 is 10.5. The standard InChI is InChI=1S/C22H19N3O8/c26-19(23-14-3-1-4-15(10-14)25(30)31)12-33-22(29)13-6-7-17-18(9-13)21(28)24(20(17)27)11-16-5-2-8-32-16/h1,3-4,6-7,9-10,16H,2,5,8,11-12H2,(H,23,26)/t16-/m0/s1. The van der Waals surface area contributed by atoms with Gasteiger partial charge in [-0.15, -0.1) is 0 Å². The lowest BCUT2D eigenvalue weighted by Crippen LogP contribution is -2.36. The van der Waals surface area contributed by atoms with E-state index in [4.69, 9.17) is 9.47 Å². The van der Waals surface area contributed by atoms with Crippen LogP contribution in [0.5, 0.6) is 0 Å². The molecule has 0 saturated carbocycles. The van der Waals surface area contributed by atoms with E-state index in [1.54, 1.807) is 0 Å². The van der Waals surface area contributed by atoms with Crippen LogP contribution in [-0.2, 0) is 14.3 Å². The quantitative estimate of drug-likeness (QED) is 0.291. The molecule has 0 radical (unpaired) electrons. The number of nitrogens with zero attached hydrogens (tertiary/aromatic N) is 2. The summed E-state index contributed by atoms with van der Waals surface area (Å²) >= 11 is 0. The average Bonchev–Trinajstić information content (AvgIpc) is 3.40. The average molecular weight is 453 g/mol. The lowest BCUT2D eigenvalue weighted by atomic mass is 10.1. The topological polar surface area (TPSA) is 145 Å². The lowest BCUT2D eigenvalue weighted by molar-refractivity contribution is -0.384. The first-order valence-electron chi connectivity index (χ1n) is 10.2. The number of hydrogen-bond donors (Lipinski definition) is 1. The Balaban J connectivity index is 1.37. The summed E-state index contributed by atoms with van der Waals surface area (Å²) in [6, 6.07) is 9.31. The molecule has 0 spiro atoms. The molecule has 4 rings (SSSR count). The fourth-order valence-corrected chi connectivity index (χ4v) is 3.68. The SMILES string of the molecule is O=C(COC(=O)c1ccc2c(c1)C(=O)N(C[C@@H]1CCCO1)C2=O)Nc1cccc([N+](=O)[O-])c1. The van der Waals surface area contributed by atoms with E-state index in [0.29, 0.717) is 6.61 Å². The first-order chi connectivity index (χ1) is 15.8. The third-order valence-electron chi connectivity index (χ3n) is 5.29. The first kappa shape index (κ1) is 22.1. The van der Waals surface area contributed by atoms with Crippen molar-refractivity contribution in [1.29, 1.82) is 0 Å². The van der Waals surface area contributed by atoms with Gasteiger partial charge in [0.2, 0.25) is 0 Å². The fourth-order valence-electron chi connectivity index (χ4n) is 3.68. The molecule has 2 aromatic rings. The maximum Gasteiger partial charge on any atom is 0.338 e. The summed E-state index contributed by atoms with van der Waals surface area (Å²) in [5.74, 6) is -2.51. The van der Waals surface area contributed by atoms with E-state index in [9.17, 15) is 29.3 Å². The minimum absolute atomic E-state index is 0.0111. The van der Waals surface area contributed by atoms with Crippen LogP contribution >= 0.6 is 0 Å². The zero-order valence-corrected chi connectivity index (χ0v) is 17.3. The number of imide groups is 1. The Bertz CT molecular complexity index is 1160. The van der Waals surface area contributed by atoms with E-state index >= 15 is 0 Å². The summed E-state index contributed by atoms with van der Waals surface area (Å²) in [6.07, 6.45) is 1.45. The molecule has 0 unspecified atom stereocenters. The van der Waals surface area contributed by atoms with Crippen molar-refractivity contribution in [3.05, 3.63) is 69.3 Å². The molecule has 1 atom stereocenters. The Labute approximate surface area is 187 Å². The number of nitro groups is 1. The van der Waals surface area contributed by atoms with Gasteiger partial charge in [-0.3, -0.25) is 29.4 Å². The van der Waals surface area contributed by atoms with Gasteiger partial charge in [-0.05, 0) is 37.1 Å². The van der Waals surface area contributed by atoms with Crippen LogP contribution in [0.15, 0.2) is 42.5 Å². The number of ether oxygens (including phenoxy) is 2. The molecular weight excluding hydrogens is 434 g/mol. The Kier molecular flexibility index (Phi) is 6.13. The van der Waals surface area contributed by atoms with E-state index in [0.717, 1.165) is 17.7 Å². The number of nitrogens with one attached hydrogen (secondary N) is 1. The number of benzene rings is 2. The minimum atomic E-state index is -0.857. The third kappa shape index (κ3) is 4.72. The monoisotopic (exact) mass is 453 g/mol. The molecule has 1 saturated heterocycles. The minimum Gasteiger partial charge on any atom is -0.452 e. The van der Waals surface area contributed by atoms with Gasteiger partial charge in [0.15, 0.2) is 6.61 Å². The molecule has 2 heterocycles. The highest BCUT2D eigenvalue weighted by molar-refractivity contribution is 6.22. The van der Waals surface area contributed by atoms with Gasteiger partial charge in [0, 0.05) is 24.4 Å². The molecule has 0 aromatic heterocycles. The van der Waals surface area contributed by atoms with E-state index in [1.807, 2.05) is 0 Å². The predicted molar refractivity (Wildman–Crippen MR) is 113 cm³/mol. The summed E-state index contributed by atoms with van der Waals surface area (Å²) in [5.41, 5.74) is 0.275. The molecule has 170 valence electrons. The Hall–Kier alpha value is -4.12. The Morgan fingerprint density at radius 2 is 1.94 bits per heavy atom. The van der Waals surface area contributed by atoms with Crippen molar-refractivity contribution in [3.63, 3.8) is 0 Å². The molecule has 0 bridgehead atoms. The Morgan fingerprint density at radius 3 is 2.67 bits per heavy atom. The van der Waals surface area contributed by atoms with Crippen molar-refractivity contribution < 1.29 is 33.6 Å².